The van der Waals surface area contributed by atoms with Crippen molar-refractivity contribution in [1.29, 1.82) is 0 Å². The van der Waals surface area contributed by atoms with Crippen molar-refractivity contribution in [3.05, 3.63) is 106 Å². The highest BCUT2D eigenvalue weighted by atomic mass is 35.5. The summed E-state index contributed by atoms with van der Waals surface area (Å²) in [4.78, 5) is 40.3. The van der Waals surface area contributed by atoms with Crippen molar-refractivity contribution in [1.82, 2.24) is 4.90 Å². The molecule has 0 aliphatic carbocycles. The molecule has 2 amide bonds. The molecule has 4 rings (SSSR count). The molecule has 59 heavy (non-hydrogen) atoms. The van der Waals surface area contributed by atoms with Crippen LogP contribution in [0.15, 0.2) is 106 Å². The molecule has 4 fully saturated rings. The zero-order valence-corrected chi connectivity index (χ0v) is 33.9. The third-order valence-corrected chi connectivity index (χ3v) is 9.81. The fourth-order valence-corrected chi connectivity index (χ4v) is 6.61. The largest absolute Gasteiger partial charge is 0.507 e. The van der Waals surface area contributed by atoms with Crippen LogP contribution in [0.25, 0.3) is 0 Å². The summed E-state index contributed by atoms with van der Waals surface area (Å²) in [6.45, 7) is 2.39. The normalized spacial score (nSPS) is 36.3. The first-order valence-electron chi connectivity index (χ1n) is 18.5. The van der Waals surface area contributed by atoms with E-state index in [1.165, 1.54) is 19.3 Å². The molecule has 17 nitrogen and oxygen atoms in total. The molecule has 0 spiro atoms. The van der Waals surface area contributed by atoms with Crippen molar-refractivity contribution in [2.75, 3.05) is 20.3 Å². The highest BCUT2D eigenvalue weighted by Gasteiger charge is 2.56. The lowest BCUT2D eigenvalue weighted by atomic mass is 10.0. The number of rotatable bonds is 16. The van der Waals surface area contributed by atoms with Gasteiger partial charge < -0.3 is 64.8 Å². The van der Waals surface area contributed by atoms with Crippen LogP contribution in [-0.2, 0) is 42.8 Å². The van der Waals surface area contributed by atoms with Crippen LogP contribution in [-0.4, -0.2) is 153 Å². The average Bonchev–Trinajstić information content (AvgIpc) is 3.59. The number of methoxy groups -OCH3 is 1. The molecule has 0 aromatic rings. The third kappa shape index (κ3) is 12.6. The SMILES string of the molecule is CO[C@@H]1[C@H](O[C@@H]2CO[C@@H](O[C@@H]3[C@@H](O)[C@H](O)CO[C@H]3N3C(=O)/C(=C(O)/C=C/C=C/C=C/C=C/C=C(Cl)/C=C/C=C/C=C(/C)Cl)C(=O)C3CC(N)=O)[C@@H](O)[C@@H]2O)O[C@H](C)[C@H]1O. The van der Waals surface area contributed by atoms with Crippen LogP contribution in [0.3, 0.4) is 0 Å². The molecule has 0 radical (unpaired) electrons. The average molecular weight is 870 g/mol. The Hall–Kier alpha value is -3.79. The first-order chi connectivity index (χ1) is 28.1. The topological polar surface area (TPSA) is 257 Å². The highest BCUT2D eigenvalue weighted by molar-refractivity contribution is 6.31. The van der Waals surface area contributed by atoms with Gasteiger partial charge in [0.05, 0.1) is 25.7 Å². The number of aliphatic hydroxyl groups excluding tert-OH is 6. The minimum Gasteiger partial charge on any atom is -0.507 e. The number of carbonyl (C=O) groups is 3. The van der Waals surface area contributed by atoms with E-state index in [1.54, 1.807) is 80.7 Å². The van der Waals surface area contributed by atoms with Crippen LogP contribution >= 0.6 is 23.2 Å². The summed E-state index contributed by atoms with van der Waals surface area (Å²) in [5.74, 6) is -3.84. The Labute approximate surface area is 350 Å². The molecule has 0 bridgehead atoms. The van der Waals surface area contributed by atoms with E-state index in [0.717, 1.165) is 11.0 Å². The van der Waals surface area contributed by atoms with Gasteiger partial charge in [0.2, 0.25) is 5.91 Å². The maximum Gasteiger partial charge on any atom is 0.264 e. The lowest BCUT2D eigenvalue weighted by molar-refractivity contribution is -0.338. The fourth-order valence-electron chi connectivity index (χ4n) is 6.39. The Morgan fingerprint density at radius 2 is 1.44 bits per heavy atom. The van der Waals surface area contributed by atoms with Gasteiger partial charge >= 0.3 is 0 Å². The van der Waals surface area contributed by atoms with Crippen molar-refractivity contribution in [2.24, 2.45) is 5.73 Å². The number of carbonyl (C=O) groups excluding carboxylic acids is 3. The number of amides is 2. The predicted molar refractivity (Wildman–Crippen MR) is 212 cm³/mol. The van der Waals surface area contributed by atoms with Gasteiger partial charge in [-0.05, 0) is 38.2 Å². The summed E-state index contributed by atoms with van der Waals surface area (Å²) in [7, 11) is 1.34. The number of likely N-dealkylation sites (tertiary alicyclic amines) is 1. The molecule has 0 aromatic carbocycles. The van der Waals surface area contributed by atoms with Gasteiger partial charge in [0, 0.05) is 17.2 Å². The molecule has 4 aliphatic rings. The number of halogens is 2. The number of hydrogen-bond acceptors (Lipinski definition) is 15. The maximum atomic E-state index is 13.9. The second-order valence-electron chi connectivity index (χ2n) is 13.7. The molecule has 4 saturated heterocycles. The summed E-state index contributed by atoms with van der Waals surface area (Å²) in [6.07, 6.45) is 4.97. The molecule has 0 saturated carbocycles. The van der Waals surface area contributed by atoms with Gasteiger partial charge in [0.25, 0.3) is 5.91 Å². The number of Topliss-reactive ketones (excluding diaryl/α,β-unsaturated/α-hetero) is 1. The van der Waals surface area contributed by atoms with E-state index in [9.17, 15) is 45.0 Å². The number of primary amides is 1. The van der Waals surface area contributed by atoms with Crippen molar-refractivity contribution in [2.45, 2.75) is 100 Å². The number of allylic oxidation sites excluding steroid dienone is 16. The number of ketones is 1. The molecular formula is C40H50Cl2N2O15. The van der Waals surface area contributed by atoms with E-state index in [4.69, 9.17) is 57.4 Å². The summed E-state index contributed by atoms with van der Waals surface area (Å²) < 4.78 is 33.7. The van der Waals surface area contributed by atoms with Crippen LogP contribution in [0.1, 0.15) is 20.3 Å². The minimum absolute atomic E-state index is 0.406. The Morgan fingerprint density at radius 3 is 2.10 bits per heavy atom. The van der Waals surface area contributed by atoms with Gasteiger partial charge in [-0.2, -0.15) is 0 Å². The van der Waals surface area contributed by atoms with E-state index in [2.05, 4.69) is 0 Å². The number of hydrogen-bond donors (Lipinski definition) is 7. The van der Waals surface area contributed by atoms with Gasteiger partial charge in [-0.1, -0.05) is 84.0 Å². The third-order valence-electron chi connectivity index (χ3n) is 9.43. The minimum atomic E-state index is -1.86. The molecular weight excluding hydrogens is 819 g/mol. The van der Waals surface area contributed by atoms with E-state index in [0.29, 0.717) is 10.1 Å². The predicted octanol–water partition coefficient (Wildman–Crippen LogP) is 1.10. The van der Waals surface area contributed by atoms with E-state index in [1.807, 2.05) is 0 Å². The number of nitrogens with zero attached hydrogens (tertiary/aromatic N) is 1. The van der Waals surface area contributed by atoms with Crippen LogP contribution in [0, 0.1) is 0 Å². The van der Waals surface area contributed by atoms with E-state index < -0.39 is 128 Å². The standard InChI is InChI=1S/C40H50Cl2N2O15/c1-21(41)14-10-9-12-16-23(42)15-11-7-5-4-6-8-13-17-25(45)29-31(49)24(18-28(43)47)44(37(29)53)38-35(32(50)26(46)19-55-38)59-39-34(52)33(51)27(20-56-39)58-40-36(54-3)30(48)22(2)57-40/h4-17,22,24,26-27,30,32-36,38-40,45-46,48,50-52H,18-20H2,1-3H3,(H2,43,47)/b5-4+,8-6+,10-9+,11-7+,16-12+,17-13+,21-14-,23-15-,29-25-/t22-,24?,26-,27-,30-,32+,33-,34+,35-,36+,38-,39+,40+/m1/s1. The molecule has 8 N–H and O–H groups in total. The molecule has 13 atom stereocenters. The maximum absolute atomic E-state index is 13.9. The zero-order valence-electron chi connectivity index (χ0n) is 32.3. The Kier molecular flexibility index (Phi) is 18.4. The second-order valence-corrected chi connectivity index (χ2v) is 14.8. The summed E-state index contributed by atoms with van der Waals surface area (Å²) in [5, 5.41) is 65.8. The smallest absolute Gasteiger partial charge is 0.264 e. The molecule has 4 aliphatic heterocycles. The second kappa shape index (κ2) is 22.7. The van der Waals surface area contributed by atoms with Crippen molar-refractivity contribution < 1.29 is 73.4 Å². The van der Waals surface area contributed by atoms with Crippen molar-refractivity contribution in [3.63, 3.8) is 0 Å². The van der Waals surface area contributed by atoms with Crippen molar-refractivity contribution in [3.8, 4) is 0 Å². The molecule has 19 heteroatoms. The van der Waals surface area contributed by atoms with Crippen molar-refractivity contribution >= 4 is 40.8 Å². The van der Waals surface area contributed by atoms with Gasteiger partial charge in [0.1, 0.15) is 66.2 Å². The van der Waals surface area contributed by atoms with Gasteiger partial charge in [0.15, 0.2) is 24.6 Å². The van der Waals surface area contributed by atoms with Gasteiger partial charge in [-0.25, -0.2) is 0 Å². The first kappa shape index (κ1) is 47.9. The van der Waals surface area contributed by atoms with E-state index in [-0.39, 0.29) is 0 Å². The Balaban J connectivity index is 1.45. The lowest BCUT2D eigenvalue weighted by Crippen LogP contribution is -2.65. The Bertz CT molecular complexity index is 1770. The lowest BCUT2D eigenvalue weighted by Gasteiger charge is -2.46. The molecule has 1 unspecified atom stereocenters. The summed E-state index contributed by atoms with van der Waals surface area (Å²) in [6, 6.07) is -1.63. The highest BCUT2D eigenvalue weighted by Crippen LogP contribution is 2.35. The van der Waals surface area contributed by atoms with Crippen LogP contribution in [0.2, 0.25) is 0 Å². The van der Waals surface area contributed by atoms with Gasteiger partial charge in [-0.3, -0.25) is 19.3 Å². The number of aliphatic hydroxyl groups is 6. The van der Waals surface area contributed by atoms with Crippen LogP contribution < -0.4 is 5.73 Å². The number of ether oxygens (including phenoxy) is 6. The van der Waals surface area contributed by atoms with E-state index >= 15 is 0 Å². The monoisotopic (exact) mass is 868 g/mol. The number of nitrogens with two attached hydrogens (primary N) is 1. The van der Waals surface area contributed by atoms with Crippen LogP contribution in [0.4, 0.5) is 0 Å². The van der Waals surface area contributed by atoms with Crippen LogP contribution in [0.5, 0.6) is 0 Å². The zero-order chi connectivity index (χ0) is 43.4. The molecule has 4 heterocycles. The summed E-state index contributed by atoms with van der Waals surface area (Å²) >= 11 is 11.9. The fraction of sp³-hybridized carbons (Fsp3) is 0.475. The molecule has 324 valence electrons. The quantitative estimate of drug-likeness (QED) is 0.0496. The molecule has 0 aromatic heterocycles. The first-order valence-corrected chi connectivity index (χ1v) is 19.2. The Morgan fingerprint density at radius 1 is 0.814 bits per heavy atom. The van der Waals surface area contributed by atoms with Gasteiger partial charge in [-0.15, -0.1) is 0 Å². The summed E-state index contributed by atoms with van der Waals surface area (Å²) in [5.41, 5.74) is 4.71.